The number of rotatable bonds is 7. The fourth-order valence-corrected chi connectivity index (χ4v) is 7.04. The molecule has 2 aliphatic rings. The highest BCUT2D eigenvalue weighted by Crippen LogP contribution is 2.39. The number of nitrogens with one attached hydrogen (secondary N) is 1. The summed E-state index contributed by atoms with van der Waals surface area (Å²) in [7, 11) is 1.75. The summed E-state index contributed by atoms with van der Waals surface area (Å²) in [5.41, 5.74) is 4.92. The predicted octanol–water partition coefficient (Wildman–Crippen LogP) is 5.21. The molecule has 2 aromatic heterocycles. The van der Waals surface area contributed by atoms with Gasteiger partial charge in [-0.05, 0) is 79.8 Å². The minimum absolute atomic E-state index is 0.120. The monoisotopic (exact) mass is 611 g/mol. The Morgan fingerprint density at radius 2 is 1.80 bits per heavy atom. The van der Waals surface area contributed by atoms with E-state index in [2.05, 4.69) is 26.3 Å². The third-order valence-corrected chi connectivity index (χ3v) is 9.51. The number of thiazole rings is 1. The van der Waals surface area contributed by atoms with Crippen LogP contribution in [0.25, 0.3) is 10.6 Å². The summed E-state index contributed by atoms with van der Waals surface area (Å²) in [5, 5.41) is 12.9. The van der Waals surface area contributed by atoms with Gasteiger partial charge >= 0.3 is 5.97 Å². The van der Waals surface area contributed by atoms with E-state index in [1.807, 2.05) is 31.2 Å². The van der Waals surface area contributed by atoms with E-state index in [0.29, 0.717) is 34.2 Å². The quantitative estimate of drug-likeness (QED) is 0.292. The minimum atomic E-state index is -1.05. The molecule has 10 nitrogen and oxygen atoms in total. The Kier molecular flexibility index (Phi) is 8.40. The number of aromatic carboxylic acids is 1. The van der Waals surface area contributed by atoms with E-state index >= 15 is 0 Å². The molecule has 0 radical (unpaired) electrons. The van der Waals surface area contributed by atoms with Gasteiger partial charge in [-0.3, -0.25) is 14.6 Å². The van der Waals surface area contributed by atoms with E-state index in [1.54, 1.807) is 36.5 Å². The number of carboxylic acids is 1. The van der Waals surface area contributed by atoms with Crippen molar-refractivity contribution in [2.75, 3.05) is 37.0 Å². The number of anilines is 2. The van der Waals surface area contributed by atoms with Gasteiger partial charge in [0.15, 0.2) is 0 Å². The number of piperidine rings is 1. The molecule has 0 saturated carbocycles. The number of pyridine rings is 1. The second-order valence-corrected chi connectivity index (χ2v) is 12.0. The summed E-state index contributed by atoms with van der Waals surface area (Å²) >= 11 is 1.30. The maximum absolute atomic E-state index is 14.2. The smallest absolute Gasteiger partial charge is 0.335 e. The van der Waals surface area contributed by atoms with Crippen molar-refractivity contribution in [3.05, 3.63) is 94.3 Å². The van der Waals surface area contributed by atoms with Crippen molar-refractivity contribution in [2.45, 2.75) is 38.3 Å². The third kappa shape index (κ3) is 5.80. The molecular formula is C33H33N5O5S. The van der Waals surface area contributed by atoms with Crippen molar-refractivity contribution >= 4 is 40.5 Å². The lowest BCUT2D eigenvalue weighted by Crippen LogP contribution is -2.46. The molecule has 1 unspecified atom stereocenters. The van der Waals surface area contributed by atoms with Crippen LogP contribution in [-0.2, 0) is 16.0 Å². The van der Waals surface area contributed by atoms with Crippen molar-refractivity contribution in [3.63, 3.8) is 0 Å². The lowest BCUT2D eigenvalue weighted by molar-refractivity contribution is -0.121. The van der Waals surface area contributed by atoms with Gasteiger partial charge in [0.1, 0.15) is 15.9 Å². The summed E-state index contributed by atoms with van der Waals surface area (Å²) in [5.74, 6) is -1.67. The second-order valence-electron chi connectivity index (χ2n) is 11.0. The molecule has 226 valence electrons. The number of benzene rings is 2. The molecule has 1 atom stereocenters. The molecule has 6 rings (SSSR count). The molecule has 2 amide bonds. The highest BCUT2D eigenvalue weighted by molar-refractivity contribution is 7.17. The Morgan fingerprint density at radius 1 is 1.02 bits per heavy atom. The van der Waals surface area contributed by atoms with Gasteiger partial charge in [0.25, 0.3) is 11.8 Å². The molecule has 4 aromatic rings. The first-order chi connectivity index (χ1) is 21.3. The fourth-order valence-electron chi connectivity index (χ4n) is 6.02. The summed E-state index contributed by atoms with van der Waals surface area (Å²) in [6, 6.07) is 14.8. The maximum atomic E-state index is 14.2. The number of carbonyl (C=O) groups is 3. The number of fused-ring (bicyclic) bond motifs is 1. The summed E-state index contributed by atoms with van der Waals surface area (Å²) in [6.45, 7) is 3.86. The van der Waals surface area contributed by atoms with Crippen LogP contribution in [0, 0.1) is 6.92 Å². The molecule has 0 bridgehead atoms. The van der Waals surface area contributed by atoms with Crippen molar-refractivity contribution in [1.29, 1.82) is 0 Å². The molecule has 1 fully saturated rings. The summed E-state index contributed by atoms with van der Waals surface area (Å²) in [6.07, 6.45) is 6.09. The molecule has 2 aliphatic heterocycles. The molecular weight excluding hydrogens is 578 g/mol. The molecule has 1 saturated heterocycles. The fraction of sp³-hybridized carbons (Fsp3) is 0.303. The number of aromatic nitrogens is 2. The van der Waals surface area contributed by atoms with Gasteiger partial charge < -0.3 is 25.0 Å². The standard InChI is InChI=1S/C33H33N5O5S/c1-20-29(44-31(35-20)22-5-4-15-34-19-22)32(40)38-18-14-25-26(6-3-7-27(25)37-16-12-24(43-2)13-17-37)28(38)30(39)36-23-10-8-21(9-11-23)33(41)42/h3-11,15,19,24,28H,12-14,16-18H2,1-2H3,(H,36,39)(H,41,42). The number of hydrogen-bond donors (Lipinski definition) is 2. The van der Waals surface area contributed by atoms with E-state index < -0.39 is 12.0 Å². The van der Waals surface area contributed by atoms with Crippen LogP contribution in [0.15, 0.2) is 67.0 Å². The Balaban J connectivity index is 1.36. The van der Waals surface area contributed by atoms with Crippen LogP contribution in [0.4, 0.5) is 11.4 Å². The van der Waals surface area contributed by atoms with Crippen molar-refractivity contribution in [2.24, 2.45) is 0 Å². The van der Waals surface area contributed by atoms with Gasteiger partial charge in [0.05, 0.1) is 17.4 Å². The largest absolute Gasteiger partial charge is 0.478 e. The molecule has 0 aliphatic carbocycles. The lowest BCUT2D eigenvalue weighted by atomic mass is 9.89. The number of carbonyl (C=O) groups excluding carboxylic acids is 2. The van der Waals surface area contributed by atoms with Crippen LogP contribution in [0.2, 0.25) is 0 Å². The minimum Gasteiger partial charge on any atom is -0.478 e. The molecule has 44 heavy (non-hydrogen) atoms. The van der Waals surface area contributed by atoms with Crippen LogP contribution in [-0.4, -0.2) is 70.6 Å². The molecule has 11 heteroatoms. The first kappa shape index (κ1) is 29.5. The molecule has 2 aromatic carbocycles. The Labute approximate surface area is 259 Å². The highest BCUT2D eigenvalue weighted by atomic mass is 32.1. The topological polar surface area (TPSA) is 125 Å². The number of carboxylic acid groups (broad SMARTS) is 1. The van der Waals surface area contributed by atoms with Gasteiger partial charge in [0.2, 0.25) is 0 Å². The first-order valence-corrected chi connectivity index (χ1v) is 15.4. The van der Waals surface area contributed by atoms with Gasteiger partial charge in [-0.2, -0.15) is 0 Å². The van der Waals surface area contributed by atoms with Crippen molar-refractivity contribution < 1.29 is 24.2 Å². The number of hydrogen-bond acceptors (Lipinski definition) is 8. The van der Waals surface area contributed by atoms with Crippen LogP contribution in [0.1, 0.15) is 55.7 Å². The molecule has 4 heterocycles. The first-order valence-electron chi connectivity index (χ1n) is 14.6. The number of ether oxygens (including phenoxy) is 1. The Bertz CT molecular complexity index is 1680. The van der Waals surface area contributed by atoms with E-state index in [4.69, 9.17) is 4.74 Å². The van der Waals surface area contributed by atoms with Crippen LogP contribution in [0.3, 0.4) is 0 Å². The van der Waals surface area contributed by atoms with Crippen LogP contribution < -0.4 is 10.2 Å². The number of amides is 2. The van der Waals surface area contributed by atoms with Gasteiger partial charge in [0, 0.05) is 56.1 Å². The normalized spacial score (nSPS) is 16.8. The van der Waals surface area contributed by atoms with Crippen LogP contribution in [0.5, 0.6) is 0 Å². The Morgan fingerprint density at radius 3 is 2.48 bits per heavy atom. The number of nitrogens with zero attached hydrogens (tertiary/aromatic N) is 4. The zero-order chi connectivity index (χ0) is 30.8. The highest BCUT2D eigenvalue weighted by Gasteiger charge is 2.39. The third-order valence-electron chi connectivity index (χ3n) is 8.32. The van der Waals surface area contributed by atoms with Gasteiger partial charge in [-0.15, -0.1) is 11.3 Å². The molecule has 2 N–H and O–H groups in total. The van der Waals surface area contributed by atoms with Crippen LogP contribution >= 0.6 is 11.3 Å². The number of aryl methyl sites for hydroxylation is 1. The van der Waals surface area contributed by atoms with E-state index in [-0.39, 0.29) is 23.5 Å². The number of methoxy groups -OCH3 is 1. The van der Waals surface area contributed by atoms with E-state index in [9.17, 15) is 19.5 Å². The predicted molar refractivity (Wildman–Crippen MR) is 168 cm³/mol. The molecule has 0 spiro atoms. The zero-order valence-corrected chi connectivity index (χ0v) is 25.3. The SMILES string of the molecule is COC1CCN(c2cccc3c2CCN(C(=O)c2sc(-c4cccnc4)nc2C)C3C(=O)Nc2ccc(C(=O)O)cc2)CC1. The second kappa shape index (κ2) is 12.6. The van der Waals surface area contributed by atoms with Crippen molar-refractivity contribution in [1.82, 2.24) is 14.9 Å². The maximum Gasteiger partial charge on any atom is 0.335 e. The zero-order valence-electron chi connectivity index (χ0n) is 24.5. The lowest BCUT2D eigenvalue weighted by Gasteiger charge is -2.40. The summed E-state index contributed by atoms with van der Waals surface area (Å²) < 4.78 is 5.57. The summed E-state index contributed by atoms with van der Waals surface area (Å²) in [4.78, 5) is 53.0. The van der Waals surface area contributed by atoms with Gasteiger partial charge in [-0.25, -0.2) is 9.78 Å². The van der Waals surface area contributed by atoms with Crippen molar-refractivity contribution in [3.8, 4) is 10.6 Å². The van der Waals surface area contributed by atoms with E-state index in [1.165, 1.54) is 23.5 Å². The average molecular weight is 612 g/mol. The Hall–Kier alpha value is -4.61. The average Bonchev–Trinajstić information content (AvgIpc) is 3.45. The van der Waals surface area contributed by atoms with Gasteiger partial charge in [-0.1, -0.05) is 12.1 Å². The van der Waals surface area contributed by atoms with E-state index in [0.717, 1.165) is 48.3 Å².